The zero-order chi connectivity index (χ0) is 30.1. The Labute approximate surface area is 264 Å². The second-order valence-electron chi connectivity index (χ2n) is 13.4. The molecule has 220 valence electrons. The zero-order valence-corrected chi connectivity index (χ0v) is 26.4. The summed E-state index contributed by atoms with van der Waals surface area (Å²) in [5.74, 6) is 0. The fourth-order valence-corrected chi connectivity index (χ4v) is 8.52. The average Bonchev–Trinajstić information content (AvgIpc) is 3.62. The van der Waals surface area contributed by atoms with Crippen LogP contribution >= 0.6 is 0 Å². The highest BCUT2D eigenvalue weighted by atomic mass is 14.7. The maximum absolute atomic E-state index is 4.09. The minimum Gasteiger partial charge on any atom is -0.361 e. The van der Waals surface area contributed by atoms with Crippen molar-refractivity contribution in [2.75, 3.05) is 0 Å². The molecule has 0 amide bonds. The Morgan fingerprint density at radius 1 is 0.444 bits per heavy atom. The van der Waals surface area contributed by atoms with E-state index in [2.05, 4.69) is 116 Å². The Kier molecular flexibility index (Phi) is 6.23. The summed E-state index contributed by atoms with van der Waals surface area (Å²) in [6, 6.07) is 36.9. The number of H-pyrrole nitrogens is 1. The summed E-state index contributed by atoms with van der Waals surface area (Å²) in [6.07, 6.45) is 8.88. The first kappa shape index (κ1) is 26.8. The van der Waals surface area contributed by atoms with Crippen molar-refractivity contribution < 1.29 is 0 Å². The van der Waals surface area contributed by atoms with Gasteiger partial charge in [0.1, 0.15) is 0 Å². The highest BCUT2D eigenvalue weighted by Crippen LogP contribution is 2.53. The number of aromatic nitrogens is 1. The van der Waals surface area contributed by atoms with Crippen LogP contribution < -0.4 is 0 Å². The Morgan fingerprint density at radius 3 is 1.33 bits per heavy atom. The number of fused-ring (bicyclic) bond motifs is 3. The summed E-state index contributed by atoms with van der Waals surface area (Å²) < 4.78 is 0. The second-order valence-corrected chi connectivity index (χ2v) is 13.4. The van der Waals surface area contributed by atoms with E-state index in [1.165, 1.54) is 124 Å². The molecule has 0 atom stereocenters. The molecule has 9 aromatic rings. The predicted octanol–water partition coefficient (Wildman–Crippen LogP) is 12.1. The summed E-state index contributed by atoms with van der Waals surface area (Å²) in [7, 11) is 0. The highest BCUT2D eigenvalue weighted by Gasteiger charge is 2.28. The van der Waals surface area contributed by atoms with Crippen molar-refractivity contribution in [2.24, 2.45) is 0 Å². The summed E-state index contributed by atoms with van der Waals surface area (Å²) in [5.41, 5.74) is 8.42. The van der Waals surface area contributed by atoms with Crippen LogP contribution in [0.3, 0.4) is 0 Å². The van der Waals surface area contributed by atoms with Crippen LogP contribution in [-0.4, -0.2) is 4.98 Å². The van der Waals surface area contributed by atoms with Crippen molar-refractivity contribution in [1.29, 1.82) is 0 Å². The van der Waals surface area contributed by atoms with Gasteiger partial charge in [0.15, 0.2) is 0 Å². The van der Waals surface area contributed by atoms with Crippen LogP contribution in [0.4, 0.5) is 0 Å². The molecular weight excluding hydrogens is 542 g/mol. The van der Waals surface area contributed by atoms with Gasteiger partial charge in [-0.1, -0.05) is 112 Å². The second kappa shape index (κ2) is 10.5. The van der Waals surface area contributed by atoms with Gasteiger partial charge < -0.3 is 4.98 Å². The molecule has 1 heteroatoms. The van der Waals surface area contributed by atoms with E-state index in [1.807, 2.05) is 0 Å². The van der Waals surface area contributed by atoms with E-state index in [0.717, 1.165) is 25.7 Å². The summed E-state index contributed by atoms with van der Waals surface area (Å²) in [6.45, 7) is 4.63. The first-order chi connectivity index (χ1) is 22.2. The molecular formula is C44H39N. The third kappa shape index (κ3) is 3.99. The molecule has 0 spiro atoms. The van der Waals surface area contributed by atoms with E-state index in [4.69, 9.17) is 0 Å². The Bertz CT molecular complexity index is 2260. The lowest BCUT2D eigenvalue weighted by Gasteiger charge is -2.14. The zero-order valence-electron chi connectivity index (χ0n) is 26.4. The maximum Gasteiger partial charge on any atom is 0.0280 e. The van der Waals surface area contributed by atoms with Crippen LogP contribution in [0.25, 0.3) is 64.6 Å². The summed E-state index contributed by atoms with van der Waals surface area (Å²) >= 11 is 0. The molecule has 0 saturated carbocycles. The van der Waals surface area contributed by atoms with Crippen LogP contribution in [0, 0.1) is 0 Å². The Morgan fingerprint density at radius 2 is 0.889 bits per heavy atom. The molecule has 0 unspecified atom stereocenters. The van der Waals surface area contributed by atoms with E-state index in [9.17, 15) is 0 Å². The number of benzene rings is 7. The van der Waals surface area contributed by atoms with Crippen LogP contribution in [0.5, 0.6) is 0 Å². The number of nitrogens with one attached hydrogen (secondary N) is 1. The lowest BCUT2D eigenvalue weighted by molar-refractivity contribution is 0.799. The van der Waals surface area contributed by atoms with Gasteiger partial charge >= 0.3 is 0 Å². The molecule has 1 nitrogen and oxygen atoms in total. The molecule has 0 aliphatic rings. The quantitative estimate of drug-likeness (QED) is 0.155. The van der Waals surface area contributed by atoms with Gasteiger partial charge in [0.2, 0.25) is 0 Å². The normalized spacial score (nSPS) is 12.5. The number of rotatable bonds is 10. The van der Waals surface area contributed by atoms with Crippen molar-refractivity contribution in [1.82, 2.24) is 4.98 Å². The first-order valence-corrected chi connectivity index (χ1v) is 17.1. The topological polar surface area (TPSA) is 15.8 Å². The van der Waals surface area contributed by atoms with Crippen LogP contribution in [0.15, 0.2) is 97.1 Å². The van der Waals surface area contributed by atoms with Crippen molar-refractivity contribution in [3.63, 3.8) is 0 Å². The number of aromatic amines is 1. The van der Waals surface area contributed by atoms with Crippen molar-refractivity contribution in [2.45, 2.75) is 65.2 Å². The van der Waals surface area contributed by atoms with Crippen LogP contribution in [0.2, 0.25) is 0 Å². The SMILES string of the molecule is CCCCc1cc2c3c(Cc4ccccc4)[nH]c(Cc4ccccc4)c3c3cc(CCCC)c4ccc5ccc1c1c5c4c3c21. The number of aryl methyl sites for hydroxylation is 2. The fraction of sp³-hybridized carbons (Fsp3) is 0.227. The molecule has 0 bridgehead atoms. The standard InChI is InChI=1S/C44H39N/c1-3-5-17-30-25-34-39-36(23-27-13-9-7-10-14-27)45-37(24-28-15-11-8-12-16-28)40(39)35-26-31(18-6-4-2)33-22-20-29-19-21-32(30)41-38(29)42(33)44(35)43(34)41/h7-16,19-22,25-26,45H,3-6,17-18,23-24H2,1-2H3. The van der Waals surface area contributed by atoms with Gasteiger partial charge in [-0.3, -0.25) is 0 Å². The van der Waals surface area contributed by atoms with Crippen molar-refractivity contribution >= 4 is 64.6 Å². The monoisotopic (exact) mass is 581 g/mol. The molecule has 0 saturated heterocycles. The average molecular weight is 582 g/mol. The molecule has 0 fully saturated rings. The largest absolute Gasteiger partial charge is 0.361 e. The highest BCUT2D eigenvalue weighted by molar-refractivity contribution is 6.49. The van der Waals surface area contributed by atoms with Gasteiger partial charge in [0.25, 0.3) is 0 Å². The van der Waals surface area contributed by atoms with Crippen LogP contribution in [0.1, 0.15) is 73.2 Å². The molecule has 0 radical (unpaired) electrons. The van der Waals surface area contributed by atoms with E-state index in [0.29, 0.717) is 0 Å². The Balaban J connectivity index is 1.49. The van der Waals surface area contributed by atoms with Crippen molar-refractivity contribution in [3.05, 3.63) is 131 Å². The molecule has 0 aliphatic heterocycles. The number of hydrogen-bond donors (Lipinski definition) is 1. The van der Waals surface area contributed by atoms with Gasteiger partial charge in [0, 0.05) is 35.0 Å². The van der Waals surface area contributed by atoms with E-state index >= 15 is 0 Å². The predicted molar refractivity (Wildman–Crippen MR) is 195 cm³/mol. The molecule has 1 N–H and O–H groups in total. The molecule has 9 rings (SSSR count). The van der Waals surface area contributed by atoms with Gasteiger partial charge in [-0.05, 0) is 114 Å². The molecule has 1 aromatic heterocycles. The van der Waals surface area contributed by atoms with Gasteiger partial charge in [0.05, 0.1) is 0 Å². The van der Waals surface area contributed by atoms with Crippen molar-refractivity contribution in [3.8, 4) is 0 Å². The van der Waals surface area contributed by atoms with Gasteiger partial charge in [-0.15, -0.1) is 0 Å². The van der Waals surface area contributed by atoms with E-state index in [-0.39, 0.29) is 0 Å². The molecule has 0 aliphatic carbocycles. The number of unbranched alkanes of at least 4 members (excludes halogenated alkanes) is 2. The first-order valence-electron chi connectivity index (χ1n) is 17.1. The van der Waals surface area contributed by atoms with E-state index < -0.39 is 0 Å². The van der Waals surface area contributed by atoms with E-state index in [1.54, 1.807) is 0 Å². The Hall–Kier alpha value is -4.62. The smallest absolute Gasteiger partial charge is 0.0280 e. The third-order valence-electron chi connectivity index (χ3n) is 10.5. The minimum atomic E-state index is 0.900. The summed E-state index contributed by atoms with van der Waals surface area (Å²) in [4.78, 5) is 4.09. The fourth-order valence-electron chi connectivity index (χ4n) is 8.52. The number of hydrogen-bond acceptors (Lipinski definition) is 0. The molecule has 1 heterocycles. The summed E-state index contributed by atoms with van der Waals surface area (Å²) in [5, 5.41) is 17.6. The molecule has 8 aromatic carbocycles. The van der Waals surface area contributed by atoms with Crippen LogP contribution in [-0.2, 0) is 25.7 Å². The van der Waals surface area contributed by atoms with Gasteiger partial charge in [-0.25, -0.2) is 0 Å². The lowest BCUT2D eigenvalue weighted by Crippen LogP contribution is -1.93. The third-order valence-corrected chi connectivity index (χ3v) is 10.5. The minimum absolute atomic E-state index is 0.900. The van der Waals surface area contributed by atoms with Gasteiger partial charge in [-0.2, -0.15) is 0 Å². The maximum atomic E-state index is 4.09. The molecule has 45 heavy (non-hydrogen) atoms. The lowest BCUT2D eigenvalue weighted by atomic mass is 9.88.